The summed E-state index contributed by atoms with van der Waals surface area (Å²) in [5.41, 5.74) is 1.18. The Labute approximate surface area is 99.5 Å². The van der Waals surface area contributed by atoms with E-state index < -0.39 is 0 Å². The summed E-state index contributed by atoms with van der Waals surface area (Å²) in [4.78, 5) is 4.32. The lowest BCUT2D eigenvalue weighted by atomic mass is 10.0. The monoisotopic (exact) mass is 220 g/mol. The highest BCUT2D eigenvalue weighted by molar-refractivity contribution is 5.03. The Morgan fingerprint density at radius 3 is 2.69 bits per heavy atom. The third kappa shape index (κ3) is 5.26. The Morgan fingerprint density at radius 1 is 1.31 bits per heavy atom. The number of hydrogen-bond donors (Lipinski definition) is 1. The molecule has 1 unspecified atom stereocenters. The highest BCUT2D eigenvalue weighted by Gasteiger charge is 2.07. The average Bonchev–Trinajstić information content (AvgIpc) is 2.28. The number of pyridine rings is 1. The van der Waals surface area contributed by atoms with Gasteiger partial charge in [0.05, 0.1) is 0 Å². The van der Waals surface area contributed by atoms with Crippen LogP contribution in [-0.4, -0.2) is 17.6 Å². The summed E-state index contributed by atoms with van der Waals surface area (Å²) in [6.45, 7) is 7.84. The van der Waals surface area contributed by atoms with E-state index in [2.05, 4.69) is 37.1 Å². The summed E-state index contributed by atoms with van der Waals surface area (Å²) in [5, 5.41) is 3.61. The van der Waals surface area contributed by atoms with E-state index in [1.54, 1.807) is 0 Å². The van der Waals surface area contributed by atoms with Gasteiger partial charge in [-0.05, 0) is 30.9 Å². The van der Waals surface area contributed by atoms with E-state index in [9.17, 15) is 0 Å². The highest BCUT2D eigenvalue weighted by atomic mass is 14.9. The van der Waals surface area contributed by atoms with Gasteiger partial charge in [0.1, 0.15) is 0 Å². The fourth-order valence-electron chi connectivity index (χ4n) is 1.91. The Hall–Kier alpha value is -0.890. The van der Waals surface area contributed by atoms with Crippen LogP contribution < -0.4 is 5.32 Å². The summed E-state index contributed by atoms with van der Waals surface area (Å²) < 4.78 is 0. The molecule has 0 aliphatic carbocycles. The van der Waals surface area contributed by atoms with Gasteiger partial charge in [-0.15, -0.1) is 0 Å². The molecular formula is C14H24N2. The summed E-state index contributed by atoms with van der Waals surface area (Å²) >= 11 is 0. The van der Waals surface area contributed by atoms with Crippen molar-refractivity contribution in [3.8, 4) is 0 Å². The molecule has 0 aliphatic rings. The zero-order chi connectivity index (χ0) is 11.8. The van der Waals surface area contributed by atoms with E-state index in [4.69, 9.17) is 0 Å². The van der Waals surface area contributed by atoms with Gasteiger partial charge in [0.2, 0.25) is 0 Å². The lowest BCUT2D eigenvalue weighted by molar-refractivity contribution is 0.410. The lowest BCUT2D eigenvalue weighted by Gasteiger charge is -2.18. The fourth-order valence-corrected chi connectivity index (χ4v) is 1.91. The first-order valence-electron chi connectivity index (χ1n) is 6.35. The highest BCUT2D eigenvalue weighted by Crippen LogP contribution is 2.07. The van der Waals surface area contributed by atoms with E-state index in [-0.39, 0.29) is 0 Å². The molecule has 1 atom stereocenters. The second-order valence-electron chi connectivity index (χ2n) is 4.76. The fraction of sp³-hybridized carbons (Fsp3) is 0.643. The summed E-state index contributed by atoms with van der Waals surface area (Å²) in [6, 6.07) is 6.76. The second-order valence-corrected chi connectivity index (χ2v) is 4.76. The molecule has 0 bridgehead atoms. The molecule has 2 nitrogen and oxygen atoms in total. The van der Waals surface area contributed by atoms with Crippen LogP contribution in [0.3, 0.4) is 0 Å². The third-order valence-corrected chi connectivity index (χ3v) is 2.79. The van der Waals surface area contributed by atoms with Gasteiger partial charge in [0, 0.05) is 30.9 Å². The van der Waals surface area contributed by atoms with Gasteiger partial charge in [0.15, 0.2) is 0 Å². The quantitative estimate of drug-likeness (QED) is 0.764. The maximum Gasteiger partial charge on any atom is 0.0416 e. The summed E-state index contributed by atoms with van der Waals surface area (Å²) in [7, 11) is 0. The van der Waals surface area contributed by atoms with Crippen LogP contribution in [-0.2, 0) is 6.42 Å². The zero-order valence-electron chi connectivity index (χ0n) is 10.7. The molecule has 1 aromatic rings. The molecule has 0 amide bonds. The summed E-state index contributed by atoms with van der Waals surface area (Å²) in [5.74, 6) is 0.771. The minimum atomic E-state index is 0.656. The Bertz CT molecular complexity index is 269. The Balaban J connectivity index is 2.23. The number of rotatable bonds is 7. The van der Waals surface area contributed by atoms with Crippen LogP contribution in [0.1, 0.15) is 39.3 Å². The maximum atomic E-state index is 4.32. The van der Waals surface area contributed by atoms with Gasteiger partial charge in [-0.3, -0.25) is 4.98 Å². The smallest absolute Gasteiger partial charge is 0.0416 e. The largest absolute Gasteiger partial charge is 0.314 e. The minimum Gasteiger partial charge on any atom is -0.314 e. The molecule has 0 aliphatic heterocycles. The van der Waals surface area contributed by atoms with E-state index in [0.29, 0.717) is 6.04 Å². The third-order valence-electron chi connectivity index (χ3n) is 2.79. The minimum absolute atomic E-state index is 0.656. The van der Waals surface area contributed by atoms with Gasteiger partial charge in [-0.1, -0.05) is 26.8 Å². The van der Waals surface area contributed by atoms with Gasteiger partial charge in [-0.25, -0.2) is 0 Å². The van der Waals surface area contributed by atoms with Crippen molar-refractivity contribution in [2.24, 2.45) is 5.92 Å². The average molecular weight is 220 g/mol. The number of hydrogen-bond acceptors (Lipinski definition) is 2. The van der Waals surface area contributed by atoms with Crippen molar-refractivity contribution < 1.29 is 0 Å². The molecule has 90 valence electrons. The van der Waals surface area contributed by atoms with Crippen molar-refractivity contribution in [2.75, 3.05) is 6.54 Å². The normalized spacial score (nSPS) is 13.0. The molecule has 1 aromatic heterocycles. The van der Waals surface area contributed by atoms with Gasteiger partial charge in [0.25, 0.3) is 0 Å². The maximum absolute atomic E-state index is 4.32. The molecule has 1 rings (SSSR count). The summed E-state index contributed by atoms with van der Waals surface area (Å²) in [6.07, 6.45) is 5.36. The number of nitrogens with zero attached hydrogens (tertiary/aromatic N) is 1. The van der Waals surface area contributed by atoms with Crippen LogP contribution in [0.4, 0.5) is 0 Å². The zero-order valence-corrected chi connectivity index (χ0v) is 10.7. The van der Waals surface area contributed by atoms with Crippen molar-refractivity contribution in [2.45, 2.75) is 46.1 Å². The van der Waals surface area contributed by atoms with Gasteiger partial charge in [-0.2, -0.15) is 0 Å². The first kappa shape index (κ1) is 13.2. The predicted molar refractivity (Wildman–Crippen MR) is 69.5 cm³/mol. The lowest BCUT2D eigenvalue weighted by Crippen LogP contribution is -2.31. The van der Waals surface area contributed by atoms with Crippen molar-refractivity contribution >= 4 is 0 Å². The van der Waals surface area contributed by atoms with Crippen LogP contribution in [0, 0.1) is 5.92 Å². The molecule has 1 N–H and O–H groups in total. The first-order chi connectivity index (χ1) is 7.72. The molecule has 1 heterocycles. The molecule has 0 spiro atoms. The number of aromatic nitrogens is 1. The predicted octanol–water partition coefficient (Wildman–Crippen LogP) is 3.04. The SMILES string of the molecule is CCC(CC(C)C)NCCc1ccccn1. The van der Waals surface area contributed by atoms with Crippen molar-refractivity contribution in [3.05, 3.63) is 30.1 Å². The molecule has 2 heteroatoms. The first-order valence-corrected chi connectivity index (χ1v) is 6.35. The molecule has 0 radical (unpaired) electrons. The van der Waals surface area contributed by atoms with E-state index in [1.165, 1.54) is 18.5 Å². The molecule has 0 aromatic carbocycles. The van der Waals surface area contributed by atoms with E-state index in [1.807, 2.05) is 18.3 Å². The molecular weight excluding hydrogens is 196 g/mol. The van der Waals surface area contributed by atoms with Gasteiger partial charge >= 0.3 is 0 Å². The van der Waals surface area contributed by atoms with E-state index >= 15 is 0 Å². The van der Waals surface area contributed by atoms with Crippen LogP contribution in [0.25, 0.3) is 0 Å². The molecule has 0 saturated carbocycles. The van der Waals surface area contributed by atoms with Crippen LogP contribution >= 0.6 is 0 Å². The number of nitrogens with one attached hydrogen (secondary N) is 1. The van der Waals surface area contributed by atoms with Crippen LogP contribution in [0.2, 0.25) is 0 Å². The molecule has 0 fully saturated rings. The van der Waals surface area contributed by atoms with Crippen LogP contribution in [0.5, 0.6) is 0 Å². The van der Waals surface area contributed by atoms with Crippen molar-refractivity contribution in [3.63, 3.8) is 0 Å². The standard InChI is InChI=1S/C14H24N2/c1-4-13(11-12(2)3)16-10-8-14-7-5-6-9-15-14/h5-7,9,12-13,16H,4,8,10-11H2,1-3H3. The topological polar surface area (TPSA) is 24.9 Å². The molecule has 16 heavy (non-hydrogen) atoms. The van der Waals surface area contributed by atoms with Crippen LogP contribution in [0.15, 0.2) is 24.4 Å². The Kier molecular flexibility index (Phi) is 6.09. The van der Waals surface area contributed by atoms with Gasteiger partial charge < -0.3 is 5.32 Å². The second kappa shape index (κ2) is 7.39. The molecule has 0 saturated heterocycles. The van der Waals surface area contributed by atoms with Crippen molar-refractivity contribution in [1.82, 2.24) is 10.3 Å². The van der Waals surface area contributed by atoms with E-state index in [0.717, 1.165) is 18.9 Å². The van der Waals surface area contributed by atoms with Crippen molar-refractivity contribution in [1.29, 1.82) is 0 Å². The Morgan fingerprint density at radius 2 is 2.12 bits per heavy atom.